The molecular formula is C16H21NO2. The van der Waals surface area contributed by atoms with Crippen LogP contribution >= 0.6 is 0 Å². The molecule has 3 nitrogen and oxygen atoms in total. The molecule has 0 N–H and O–H groups in total. The summed E-state index contributed by atoms with van der Waals surface area (Å²) < 4.78 is 5.70. The van der Waals surface area contributed by atoms with Gasteiger partial charge < -0.3 is 4.74 Å². The Morgan fingerprint density at radius 1 is 1.26 bits per heavy atom. The lowest BCUT2D eigenvalue weighted by Crippen LogP contribution is -2.46. The lowest BCUT2D eigenvalue weighted by atomic mass is 9.64. The molecule has 0 aromatic carbocycles. The van der Waals surface area contributed by atoms with E-state index in [1.54, 1.807) is 0 Å². The van der Waals surface area contributed by atoms with Gasteiger partial charge in [0.15, 0.2) is 0 Å². The van der Waals surface area contributed by atoms with Crippen LogP contribution in [0.3, 0.4) is 0 Å². The molecule has 3 heteroatoms. The van der Waals surface area contributed by atoms with Crippen molar-refractivity contribution in [2.75, 3.05) is 0 Å². The van der Waals surface area contributed by atoms with E-state index < -0.39 is 0 Å². The lowest BCUT2D eigenvalue weighted by Gasteiger charge is -2.44. The zero-order valence-corrected chi connectivity index (χ0v) is 11.6. The van der Waals surface area contributed by atoms with Gasteiger partial charge in [0, 0.05) is 18.8 Å². The van der Waals surface area contributed by atoms with Gasteiger partial charge in [-0.2, -0.15) is 5.26 Å². The number of rotatable bonds is 1. The van der Waals surface area contributed by atoms with E-state index in [1.165, 1.54) is 19.8 Å². The first-order valence-electron chi connectivity index (χ1n) is 7.62. The normalized spacial score (nSPS) is 57.0. The Labute approximate surface area is 114 Å². The molecule has 0 spiro atoms. The van der Waals surface area contributed by atoms with Crippen molar-refractivity contribution in [1.82, 2.24) is 0 Å². The maximum atomic E-state index is 11.4. The van der Waals surface area contributed by atoms with Gasteiger partial charge in [-0.05, 0) is 62.2 Å². The van der Waals surface area contributed by atoms with Crippen LogP contribution in [0.5, 0.6) is 0 Å². The second-order valence-corrected chi connectivity index (χ2v) is 7.50. The van der Waals surface area contributed by atoms with Crippen LogP contribution in [0.2, 0.25) is 0 Å². The number of fused-ring (bicyclic) bond motifs is 9. The first-order valence-corrected chi connectivity index (χ1v) is 7.62. The van der Waals surface area contributed by atoms with Crippen molar-refractivity contribution in [3.63, 3.8) is 0 Å². The summed E-state index contributed by atoms with van der Waals surface area (Å²) in [5.74, 6) is 4.30. The van der Waals surface area contributed by atoms with Crippen LogP contribution in [-0.2, 0) is 9.53 Å². The fourth-order valence-electron chi connectivity index (χ4n) is 6.49. The fraction of sp³-hybridized carbons (Fsp3) is 0.875. The highest BCUT2D eigenvalue weighted by molar-refractivity contribution is 5.66. The maximum Gasteiger partial charge on any atom is 0.303 e. The summed E-state index contributed by atoms with van der Waals surface area (Å²) in [5, 5.41) is 9.28. The third-order valence-corrected chi connectivity index (χ3v) is 6.69. The molecule has 8 unspecified atom stereocenters. The topological polar surface area (TPSA) is 50.1 Å². The largest absolute Gasteiger partial charge is 0.459 e. The number of esters is 1. The Morgan fingerprint density at radius 2 is 2.05 bits per heavy atom. The molecular weight excluding hydrogens is 238 g/mol. The number of nitriles is 1. The summed E-state index contributed by atoms with van der Waals surface area (Å²) in [7, 11) is 0. The summed E-state index contributed by atoms with van der Waals surface area (Å²) in [5.41, 5.74) is -0.218. The predicted octanol–water partition coefficient (Wildman–Crippen LogP) is 2.76. The Hall–Kier alpha value is -1.04. The highest BCUT2D eigenvalue weighted by Gasteiger charge is 2.68. The van der Waals surface area contributed by atoms with Crippen LogP contribution in [0, 0.1) is 52.8 Å². The van der Waals surface area contributed by atoms with Crippen LogP contribution in [0.1, 0.15) is 39.5 Å². The van der Waals surface area contributed by atoms with Gasteiger partial charge in [0.25, 0.3) is 0 Å². The monoisotopic (exact) mass is 259 g/mol. The molecule has 8 atom stereocenters. The van der Waals surface area contributed by atoms with Gasteiger partial charge in [-0.15, -0.1) is 0 Å². The average Bonchev–Trinajstić information content (AvgIpc) is 3.01. The number of carbonyl (C=O) groups excluding carboxylic acids is 1. The van der Waals surface area contributed by atoms with Crippen molar-refractivity contribution < 1.29 is 9.53 Å². The van der Waals surface area contributed by atoms with Crippen molar-refractivity contribution in [3.8, 4) is 6.07 Å². The molecule has 19 heavy (non-hydrogen) atoms. The minimum absolute atomic E-state index is 0.135. The number of hydrogen-bond acceptors (Lipinski definition) is 3. The minimum atomic E-state index is -0.218. The first-order chi connectivity index (χ1) is 9.03. The molecule has 0 amide bonds. The van der Waals surface area contributed by atoms with Gasteiger partial charge >= 0.3 is 5.97 Å². The van der Waals surface area contributed by atoms with Crippen molar-refractivity contribution in [2.24, 2.45) is 41.4 Å². The standard InChI is InChI=1S/C16H21NO2/c1-8(18)19-16(2)6-10-5-13(16)15-9-3-11(7-17)12(4-9)14(10)15/h9-15H,3-6H2,1-2H3. The lowest BCUT2D eigenvalue weighted by molar-refractivity contribution is -0.166. The number of nitrogens with zero attached hydrogens (tertiary/aromatic N) is 1. The number of hydrogen-bond donors (Lipinski definition) is 0. The molecule has 0 radical (unpaired) electrons. The van der Waals surface area contributed by atoms with E-state index in [0.29, 0.717) is 23.7 Å². The van der Waals surface area contributed by atoms with Gasteiger partial charge in [0.1, 0.15) is 5.60 Å². The number of carbonyl (C=O) groups is 1. The first kappa shape index (κ1) is 11.8. The van der Waals surface area contributed by atoms with E-state index in [0.717, 1.165) is 30.6 Å². The van der Waals surface area contributed by atoms with Crippen LogP contribution < -0.4 is 0 Å². The zero-order chi connectivity index (χ0) is 13.4. The molecule has 0 aromatic heterocycles. The quantitative estimate of drug-likeness (QED) is 0.537. The van der Waals surface area contributed by atoms with Gasteiger partial charge in [-0.25, -0.2) is 0 Å². The smallest absolute Gasteiger partial charge is 0.303 e. The molecule has 0 heterocycles. The fourth-order valence-corrected chi connectivity index (χ4v) is 6.49. The molecule has 4 bridgehead atoms. The van der Waals surface area contributed by atoms with E-state index in [4.69, 9.17) is 4.74 Å². The zero-order valence-electron chi connectivity index (χ0n) is 11.6. The minimum Gasteiger partial charge on any atom is -0.459 e. The summed E-state index contributed by atoms with van der Waals surface area (Å²) in [6, 6.07) is 2.54. The molecule has 4 fully saturated rings. The van der Waals surface area contributed by atoms with Crippen LogP contribution in [-0.4, -0.2) is 11.6 Å². The summed E-state index contributed by atoms with van der Waals surface area (Å²) in [6.45, 7) is 3.67. The van der Waals surface area contributed by atoms with Crippen molar-refractivity contribution in [1.29, 1.82) is 5.26 Å². The summed E-state index contributed by atoms with van der Waals surface area (Å²) in [4.78, 5) is 11.4. The Morgan fingerprint density at radius 3 is 2.74 bits per heavy atom. The molecule has 4 saturated carbocycles. The highest BCUT2D eigenvalue weighted by Crippen LogP contribution is 2.71. The maximum absolute atomic E-state index is 11.4. The van der Waals surface area contributed by atoms with Gasteiger partial charge in [-0.1, -0.05) is 0 Å². The second-order valence-electron chi connectivity index (χ2n) is 7.50. The third kappa shape index (κ3) is 1.35. The second kappa shape index (κ2) is 3.53. The average molecular weight is 259 g/mol. The van der Waals surface area contributed by atoms with Gasteiger partial charge in [0.05, 0.1) is 6.07 Å². The highest BCUT2D eigenvalue weighted by atomic mass is 16.6. The Bertz CT molecular complexity index is 482. The molecule has 4 aliphatic rings. The van der Waals surface area contributed by atoms with Crippen LogP contribution in [0.4, 0.5) is 0 Å². The van der Waals surface area contributed by atoms with E-state index >= 15 is 0 Å². The molecule has 0 saturated heterocycles. The summed E-state index contributed by atoms with van der Waals surface area (Å²) in [6.07, 6.45) is 4.61. The van der Waals surface area contributed by atoms with Crippen molar-refractivity contribution >= 4 is 5.97 Å². The van der Waals surface area contributed by atoms with Crippen molar-refractivity contribution in [2.45, 2.75) is 45.1 Å². The van der Waals surface area contributed by atoms with E-state index in [-0.39, 0.29) is 11.6 Å². The SMILES string of the molecule is CC(=O)OC1(C)CC2CC1C1C3CC(C#N)C(C3)C21. The van der Waals surface area contributed by atoms with Gasteiger partial charge in [-0.3, -0.25) is 4.79 Å². The third-order valence-electron chi connectivity index (χ3n) is 6.69. The molecule has 0 aromatic rings. The van der Waals surface area contributed by atoms with E-state index in [1.807, 2.05) is 0 Å². The van der Waals surface area contributed by atoms with Crippen LogP contribution in [0.15, 0.2) is 0 Å². The van der Waals surface area contributed by atoms with E-state index in [2.05, 4.69) is 13.0 Å². The molecule has 0 aliphatic heterocycles. The van der Waals surface area contributed by atoms with E-state index in [9.17, 15) is 10.1 Å². The van der Waals surface area contributed by atoms with Crippen LogP contribution in [0.25, 0.3) is 0 Å². The predicted molar refractivity (Wildman–Crippen MR) is 68.7 cm³/mol. The Kier molecular flexibility index (Phi) is 2.19. The molecule has 102 valence electrons. The Balaban J connectivity index is 1.62. The van der Waals surface area contributed by atoms with Gasteiger partial charge in [0.2, 0.25) is 0 Å². The van der Waals surface area contributed by atoms with Crippen molar-refractivity contribution in [3.05, 3.63) is 0 Å². The molecule has 4 rings (SSSR count). The summed E-state index contributed by atoms with van der Waals surface area (Å²) >= 11 is 0. The number of ether oxygens (including phenoxy) is 1. The molecule has 4 aliphatic carbocycles.